The number of halogens is 1. The summed E-state index contributed by atoms with van der Waals surface area (Å²) in [6.45, 7) is 0.108. The lowest BCUT2D eigenvalue weighted by atomic mass is 10.2. The quantitative estimate of drug-likeness (QED) is 0.642. The Hall–Kier alpha value is -2.03. The van der Waals surface area contributed by atoms with Crippen LogP contribution in [0.1, 0.15) is 10.4 Å². The molecule has 8 nitrogen and oxygen atoms in total. The number of carbonyl (C=O) groups excluding carboxylic acids is 2. The van der Waals surface area contributed by atoms with Gasteiger partial charge in [-0.15, -0.1) is 0 Å². The van der Waals surface area contributed by atoms with E-state index < -0.39 is 18.1 Å². The van der Waals surface area contributed by atoms with Gasteiger partial charge in [-0.25, -0.2) is 9.59 Å². The average molecular weight is 347 g/mol. The molecule has 0 aliphatic carbocycles. The van der Waals surface area contributed by atoms with Crippen LogP contribution in [-0.4, -0.2) is 57.7 Å². The Bertz CT molecular complexity index is 566. The number of nitrogens with one attached hydrogen (secondary N) is 2. The van der Waals surface area contributed by atoms with Crippen molar-refractivity contribution in [1.82, 2.24) is 5.32 Å². The van der Waals surface area contributed by atoms with Crippen molar-refractivity contribution in [3.8, 4) is 5.75 Å². The lowest BCUT2D eigenvalue weighted by Gasteiger charge is -2.14. The molecule has 0 spiro atoms. The zero-order chi connectivity index (χ0) is 17.4. The number of aliphatic hydroxyl groups excluding tert-OH is 1. The van der Waals surface area contributed by atoms with Crippen LogP contribution in [0.15, 0.2) is 12.1 Å². The average Bonchev–Trinajstić information content (AvgIpc) is 2.54. The Morgan fingerprint density at radius 2 is 2.00 bits per heavy atom. The van der Waals surface area contributed by atoms with Crippen LogP contribution < -0.4 is 15.4 Å². The van der Waals surface area contributed by atoms with Crippen LogP contribution in [0.25, 0.3) is 0 Å². The molecule has 1 aromatic carbocycles. The van der Waals surface area contributed by atoms with Crippen molar-refractivity contribution in [2.24, 2.45) is 0 Å². The van der Waals surface area contributed by atoms with E-state index >= 15 is 0 Å². The summed E-state index contributed by atoms with van der Waals surface area (Å²) in [5.41, 5.74) is 0.386. The van der Waals surface area contributed by atoms with E-state index in [4.69, 9.17) is 21.1 Å². The number of hydrogen-bond donors (Lipinski definition) is 3. The molecule has 0 aliphatic rings. The number of esters is 1. The first-order chi connectivity index (χ1) is 10.9. The van der Waals surface area contributed by atoms with Gasteiger partial charge in [-0.05, 0) is 6.07 Å². The standard InChI is InChI=1S/C14H19ClN2O6/c1-21-7-8(18)6-16-14(20)17-11-5-12(22-2)9(4-10(11)15)13(19)23-3/h4-5,8,18H,6-7H2,1-3H3,(H2,16,17,20)/t8-/m0/s1. The predicted molar refractivity (Wildman–Crippen MR) is 84.2 cm³/mol. The van der Waals surface area contributed by atoms with Crippen molar-refractivity contribution < 1.29 is 28.9 Å². The molecule has 0 saturated carbocycles. The molecule has 1 atom stereocenters. The number of urea groups is 1. The fourth-order valence-corrected chi connectivity index (χ4v) is 1.93. The molecule has 128 valence electrons. The van der Waals surface area contributed by atoms with Gasteiger partial charge in [0.25, 0.3) is 0 Å². The number of methoxy groups -OCH3 is 3. The second-order valence-corrected chi connectivity index (χ2v) is 4.88. The molecule has 23 heavy (non-hydrogen) atoms. The molecule has 2 amide bonds. The number of benzene rings is 1. The van der Waals surface area contributed by atoms with Gasteiger partial charge in [-0.1, -0.05) is 11.6 Å². The second-order valence-electron chi connectivity index (χ2n) is 4.47. The number of carbonyl (C=O) groups is 2. The summed E-state index contributed by atoms with van der Waals surface area (Å²) in [6.07, 6.45) is -0.822. The van der Waals surface area contributed by atoms with E-state index in [0.29, 0.717) is 0 Å². The van der Waals surface area contributed by atoms with Gasteiger partial charge >= 0.3 is 12.0 Å². The van der Waals surface area contributed by atoms with Gasteiger partial charge in [0.2, 0.25) is 0 Å². The fraction of sp³-hybridized carbons (Fsp3) is 0.429. The van der Waals surface area contributed by atoms with Crippen molar-refractivity contribution in [2.75, 3.05) is 39.8 Å². The number of hydrogen-bond acceptors (Lipinski definition) is 6. The maximum atomic E-state index is 11.8. The maximum absolute atomic E-state index is 11.8. The van der Waals surface area contributed by atoms with Crippen molar-refractivity contribution in [1.29, 1.82) is 0 Å². The largest absolute Gasteiger partial charge is 0.496 e. The third-order valence-electron chi connectivity index (χ3n) is 2.80. The number of anilines is 1. The predicted octanol–water partition coefficient (Wildman–Crippen LogP) is 1.26. The van der Waals surface area contributed by atoms with Crippen molar-refractivity contribution >= 4 is 29.3 Å². The summed E-state index contributed by atoms with van der Waals surface area (Å²) < 4.78 is 14.5. The molecular formula is C14H19ClN2O6. The summed E-state index contributed by atoms with van der Waals surface area (Å²) in [5.74, 6) is -0.404. The first-order valence-electron chi connectivity index (χ1n) is 6.60. The third kappa shape index (κ3) is 5.59. The van der Waals surface area contributed by atoms with Crippen molar-refractivity contribution in [2.45, 2.75) is 6.10 Å². The second kappa shape index (κ2) is 9.19. The first-order valence-corrected chi connectivity index (χ1v) is 6.98. The number of ether oxygens (including phenoxy) is 3. The van der Waals surface area contributed by atoms with Gasteiger partial charge in [0, 0.05) is 19.7 Å². The van der Waals surface area contributed by atoms with Gasteiger partial charge in [-0.3, -0.25) is 0 Å². The molecule has 1 aromatic rings. The molecule has 0 saturated heterocycles. The zero-order valence-electron chi connectivity index (χ0n) is 13.0. The summed E-state index contributed by atoms with van der Waals surface area (Å²) in [6, 6.07) is 2.16. The summed E-state index contributed by atoms with van der Waals surface area (Å²) in [7, 11) is 4.06. The van der Waals surface area contributed by atoms with E-state index in [0.717, 1.165) is 0 Å². The summed E-state index contributed by atoms with van der Waals surface area (Å²) in [5, 5.41) is 14.6. The fourth-order valence-electron chi connectivity index (χ4n) is 1.72. The summed E-state index contributed by atoms with van der Waals surface area (Å²) in [4.78, 5) is 23.4. The first kappa shape index (κ1) is 19.0. The van der Waals surface area contributed by atoms with Crippen LogP contribution >= 0.6 is 11.6 Å². The van der Waals surface area contributed by atoms with Crippen LogP contribution in [0, 0.1) is 0 Å². The molecule has 0 aliphatic heterocycles. The lowest BCUT2D eigenvalue weighted by Crippen LogP contribution is -2.37. The normalized spacial score (nSPS) is 11.5. The van der Waals surface area contributed by atoms with Crippen LogP contribution in [0.4, 0.5) is 10.5 Å². The molecule has 0 aromatic heterocycles. The van der Waals surface area contributed by atoms with Crippen molar-refractivity contribution in [3.63, 3.8) is 0 Å². The van der Waals surface area contributed by atoms with E-state index in [2.05, 4.69) is 15.4 Å². The highest BCUT2D eigenvalue weighted by Crippen LogP contribution is 2.31. The molecule has 0 unspecified atom stereocenters. The van der Waals surface area contributed by atoms with E-state index in [1.165, 1.54) is 33.5 Å². The minimum absolute atomic E-state index is 0.00860. The minimum atomic E-state index is -0.822. The van der Waals surface area contributed by atoms with E-state index in [1.54, 1.807) is 0 Å². The molecular weight excluding hydrogens is 328 g/mol. The highest BCUT2D eigenvalue weighted by molar-refractivity contribution is 6.34. The number of amides is 2. The van der Waals surface area contributed by atoms with Crippen LogP contribution in [0.2, 0.25) is 5.02 Å². The molecule has 3 N–H and O–H groups in total. The molecule has 0 radical (unpaired) electrons. The maximum Gasteiger partial charge on any atom is 0.341 e. The Morgan fingerprint density at radius 1 is 1.30 bits per heavy atom. The highest BCUT2D eigenvalue weighted by atomic mass is 35.5. The van der Waals surface area contributed by atoms with Gasteiger partial charge < -0.3 is 30.0 Å². The topological polar surface area (TPSA) is 106 Å². The summed E-state index contributed by atoms with van der Waals surface area (Å²) >= 11 is 6.04. The highest BCUT2D eigenvalue weighted by Gasteiger charge is 2.17. The SMILES string of the molecule is COC[C@@H](O)CNC(=O)Nc1cc(OC)c(C(=O)OC)cc1Cl. The van der Waals surface area contributed by atoms with Gasteiger partial charge in [0.1, 0.15) is 11.3 Å². The van der Waals surface area contributed by atoms with Crippen LogP contribution in [-0.2, 0) is 9.47 Å². The Kier molecular flexibility index (Phi) is 7.60. The molecule has 0 fully saturated rings. The third-order valence-corrected chi connectivity index (χ3v) is 3.11. The lowest BCUT2D eigenvalue weighted by molar-refractivity contribution is 0.0597. The Balaban J connectivity index is 2.80. The smallest absolute Gasteiger partial charge is 0.341 e. The van der Waals surface area contributed by atoms with E-state index in [-0.39, 0.29) is 35.2 Å². The van der Waals surface area contributed by atoms with Gasteiger partial charge in [0.05, 0.1) is 37.6 Å². The van der Waals surface area contributed by atoms with E-state index in [1.807, 2.05) is 0 Å². The number of rotatable bonds is 7. The van der Waals surface area contributed by atoms with Crippen molar-refractivity contribution in [3.05, 3.63) is 22.7 Å². The van der Waals surface area contributed by atoms with E-state index in [9.17, 15) is 14.7 Å². The van der Waals surface area contributed by atoms with Gasteiger partial charge in [0.15, 0.2) is 0 Å². The van der Waals surface area contributed by atoms with Crippen LogP contribution in [0.5, 0.6) is 5.75 Å². The molecule has 0 bridgehead atoms. The Labute approximate surface area is 138 Å². The zero-order valence-corrected chi connectivity index (χ0v) is 13.8. The molecule has 1 rings (SSSR count). The number of aliphatic hydroxyl groups is 1. The molecule has 9 heteroatoms. The van der Waals surface area contributed by atoms with Crippen LogP contribution in [0.3, 0.4) is 0 Å². The minimum Gasteiger partial charge on any atom is -0.496 e. The monoisotopic (exact) mass is 346 g/mol. The Morgan fingerprint density at radius 3 is 2.57 bits per heavy atom. The molecule has 0 heterocycles. The van der Waals surface area contributed by atoms with Gasteiger partial charge in [-0.2, -0.15) is 0 Å².